The number of piperidine rings is 3. The number of carbonyl (C=O) groups is 8. The van der Waals surface area contributed by atoms with Crippen molar-refractivity contribution >= 4 is 97.2 Å². The van der Waals surface area contributed by atoms with E-state index in [1.54, 1.807) is 61.3 Å². The van der Waals surface area contributed by atoms with Gasteiger partial charge in [0.05, 0.1) is 36.5 Å². The van der Waals surface area contributed by atoms with Crippen molar-refractivity contribution in [3.63, 3.8) is 0 Å². The zero-order valence-electron chi connectivity index (χ0n) is 36.7. The molecule has 8 amide bonds. The van der Waals surface area contributed by atoms with E-state index in [2.05, 4.69) is 26.6 Å². The summed E-state index contributed by atoms with van der Waals surface area (Å²) in [5, 5.41) is 15.1. The smallest absolute Gasteiger partial charge is 0.234 e. The quantitative estimate of drug-likeness (QED) is 0.0471. The van der Waals surface area contributed by atoms with Gasteiger partial charge < -0.3 is 37.0 Å². The van der Waals surface area contributed by atoms with Gasteiger partial charge in [0.2, 0.25) is 47.3 Å². The Hall–Kier alpha value is -6.87. The van der Waals surface area contributed by atoms with E-state index in [0.717, 1.165) is 45.7 Å². The summed E-state index contributed by atoms with van der Waals surface area (Å²) in [6.07, 6.45) is 9.59. The molecule has 346 valence electrons. The van der Waals surface area contributed by atoms with Gasteiger partial charge in [0.25, 0.3) is 0 Å². The van der Waals surface area contributed by atoms with Crippen LogP contribution in [0.15, 0.2) is 86.6 Å². The van der Waals surface area contributed by atoms with Crippen molar-refractivity contribution in [2.45, 2.75) is 95.8 Å². The zero-order chi connectivity index (χ0) is 45.5. The van der Waals surface area contributed by atoms with Gasteiger partial charge >= 0.3 is 0 Å². The van der Waals surface area contributed by atoms with Gasteiger partial charge in [0.15, 0.2) is 0 Å². The number of nitrogens with two attached hydrogens (primary N) is 1. The van der Waals surface area contributed by atoms with Crippen molar-refractivity contribution < 1.29 is 72.7 Å². The van der Waals surface area contributed by atoms with Crippen LogP contribution in [0.2, 0.25) is 0 Å². The Morgan fingerprint density at radius 2 is 0.894 bits per heavy atom. The molecule has 3 saturated heterocycles. The second-order valence-electron chi connectivity index (χ2n) is 15.9. The number of furan rings is 3. The van der Waals surface area contributed by atoms with Gasteiger partial charge in [-0.3, -0.25) is 54.3 Å². The number of nitrogens with one attached hydrogen (secondary N) is 5. The first-order valence-electron chi connectivity index (χ1n) is 21.2. The Kier molecular flexibility index (Phi) is 17.0. The van der Waals surface area contributed by atoms with Crippen LogP contribution in [-0.4, -0.2) is 47.3 Å². The molecule has 3 fully saturated rings. The fraction of sp³-hybridized carbons (Fsp3) is 0.312. The van der Waals surface area contributed by atoms with Crippen LogP contribution in [0.5, 0.6) is 0 Å². The molecule has 6 heterocycles. The molecule has 3 aliphatic heterocycles. The van der Waals surface area contributed by atoms with E-state index in [1.165, 1.54) is 0 Å². The van der Waals surface area contributed by atoms with Crippen LogP contribution < -0.4 is 32.3 Å². The number of benzene rings is 3. The summed E-state index contributed by atoms with van der Waals surface area (Å²) >= 11 is 0. The number of hydrogen-bond acceptors (Lipinski definition) is 12. The van der Waals surface area contributed by atoms with Crippen molar-refractivity contribution in [1.29, 1.82) is 0 Å². The monoisotopic (exact) mass is 1070 g/mol. The molecule has 3 aliphatic rings. The standard InChI is InChI=1S/2C17H18N2O4.C13H12N2O3.CH3.W/c2*1-2-3-15(20)18-10-4-6-14-12(8-10)13(9-23-14)11-5-7-16(21)19-17(11)22;14-7-1-3-11-9(5-7)10(6-18-11)8-2-4-12(16)15-13(8)17;;/h2*4,6,8-9,11H,2-3,5,7H2,1H3,(H,18,20)(H,19,21,22);1,3,5-6,8H,2,4,14H2,(H,15,16,17);1H3;/q;;;-1;. The molecule has 18 heteroatoms. The van der Waals surface area contributed by atoms with Gasteiger partial charge in [-0.25, -0.2) is 0 Å². The molecule has 6 aromatic rings. The Bertz CT molecular complexity index is 2670. The van der Waals surface area contributed by atoms with Crippen LogP contribution in [0.4, 0.5) is 17.1 Å². The van der Waals surface area contributed by atoms with Gasteiger partial charge in [0, 0.05) is 103 Å². The maximum Gasteiger partial charge on any atom is 0.234 e. The molecule has 3 aromatic carbocycles. The molecule has 3 atom stereocenters. The number of anilines is 3. The predicted octanol–water partition coefficient (Wildman–Crippen LogP) is 7.37. The molecule has 17 nitrogen and oxygen atoms in total. The third kappa shape index (κ3) is 11.7. The van der Waals surface area contributed by atoms with Crippen LogP contribution in [0, 0.1) is 7.43 Å². The van der Waals surface area contributed by atoms with Gasteiger partial charge in [-0.2, -0.15) is 0 Å². The van der Waals surface area contributed by atoms with E-state index in [9.17, 15) is 38.4 Å². The van der Waals surface area contributed by atoms with Crippen molar-refractivity contribution in [2.24, 2.45) is 0 Å². The first kappa shape index (κ1) is 50.1. The number of amides is 8. The summed E-state index contributed by atoms with van der Waals surface area (Å²) < 4.78 is 16.4. The largest absolute Gasteiger partial charge is 0.464 e. The average molecular weight is 1070 g/mol. The summed E-state index contributed by atoms with van der Waals surface area (Å²) in [6, 6.07) is 16.0. The number of hydrogen-bond donors (Lipinski definition) is 6. The maximum absolute atomic E-state index is 12.1. The number of imide groups is 3. The first-order chi connectivity index (χ1) is 30.8. The summed E-state index contributed by atoms with van der Waals surface area (Å²) in [5.74, 6) is -2.82. The molecule has 3 aromatic heterocycles. The molecule has 0 radical (unpaired) electrons. The van der Waals surface area contributed by atoms with E-state index >= 15 is 0 Å². The SMILES string of the molecule is CCCC(=O)Nc1ccc2occ(C3CCC(=O)NC3=O)c2c1.CCCC(=O)Nc1ccc2occ(C3CCC(=O)NC3=O)c2c1.Nc1ccc2occ(C3CCC(=O)NC3=O)c2c1.[CH3-].[W]. The van der Waals surface area contributed by atoms with Crippen molar-refractivity contribution in [2.75, 3.05) is 16.4 Å². The van der Waals surface area contributed by atoms with Crippen LogP contribution in [-0.2, 0) is 59.4 Å². The molecule has 3 unspecified atom stereocenters. The molecule has 0 saturated carbocycles. The van der Waals surface area contributed by atoms with Crippen LogP contribution in [0.3, 0.4) is 0 Å². The number of fused-ring (bicyclic) bond motifs is 3. The molecule has 9 rings (SSSR count). The van der Waals surface area contributed by atoms with Crippen LogP contribution >= 0.6 is 0 Å². The first-order valence-corrected chi connectivity index (χ1v) is 21.2. The third-order valence-corrected chi connectivity index (χ3v) is 11.2. The average Bonchev–Trinajstić information content (AvgIpc) is 3.99. The normalized spacial score (nSPS) is 18.1. The van der Waals surface area contributed by atoms with Crippen molar-refractivity contribution in [3.05, 3.63) is 97.5 Å². The Balaban J connectivity index is 0.000000184. The van der Waals surface area contributed by atoms with Crippen molar-refractivity contribution in [1.82, 2.24) is 16.0 Å². The van der Waals surface area contributed by atoms with E-state index < -0.39 is 11.8 Å². The predicted molar refractivity (Wildman–Crippen MR) is 242 cm³/mol. The van der Waals surface area contributed by atoms with Gasteiger partial charge in [-0.1, -0.05) is 13.8 Å². The number of carbonyl (C=O) groups excluding carboxylic acids is 8. The maximum atomic E-state index is 12.1. The molecular formula is C48H51N6O11W-. The van der Waals surface area contributed by atoms with Gasteiger partial charge in [-0.05, 0) is 86.7 Å². The summed E-state index contributed by atoms with van der Waals surface area (Å²) in [6.45, 7) is 3.89. The van der Waals surface area contributed by atoms with Crippen LogP contribution in [0.1, 0.15) is 112 Å². The molecule has 7 N–H and O–H groups in total. The van der Waals surface area contributed by atoms with Gasteiger partial charge in [-0.15, -0.1) is 0 Å². The van der Waals surface area contributed by atoms with Crippen molar-refractivity contribution in [3.8, 4) is 0 Å². The van der Waals surface area contributed by atoms with E-state index in [4.69, 9.17) is 19.0 Å². The molecule has 0 aliphatic carbocycles. The minimum Gasteiger partial charge on any atom is -0.464 e. The topological polar surface area (TPSA) is 262 Å². The molecule has 0 bridgehead atoms. The summed E-state index contributed by atoms with van der Waals surface area (Å²) in [4.78, 5) is 93.1. The minimum absolute atomic E-state index is 0. The second kappa shape index (κ2) is 22.4. The molecule has 0 spiro atoms. The Morgan fingerprint density at radius 1 is 0.561 bits per heavy atom. The Morgan fingerprint density at radius 3 is 1.23 bits per heavy atom. The molecule has 66 heavy (non-hydrogen) atoms. The number of nitrogen functional groups attached to an aromatic ring is 1. The minimum atomic E-state index is -0.407. The second-order valence-corrected chi connectivity index (χ2v) is 15.9. The third-order valence-electron chi connectivity index (χ3n) is 11.2. The molecular weight excluding hydrogens is 1020 g/mol. The fourth-order valence-corrected chi connectivity index (χ4v) is 8.00. The van der Waals surface area contributed by atoms with E-state index in [1.807, 2.05) is 26.0 Å². The van der Waals surface area contributed by atoms with Gasteiger partial charge in [0.1, 0.15) is 16.7 Å². The van der Waals surface area contributed by atoms with E-state index in [-0.39, 0.29) is 81.7 Å². The Labute approximate surface area is 394 Å². The fourth-order valence-electron chi connectivity index (χ4n) is 8.00. The summed E-state index contributed by atoms with van der Waals surface area (Å²) in [5.41, 5.74) is 12.0. The van der Waals surface area contributed by atoms with E-state index in [0.29, 0.717) is 85.2 Å². The summed E-state index contributed by atoms with van der Waals surface area (Å²) in [7, 11) is 0. The van der Waals surface area contributed by atoms with Crippen LogP contribution in [0.25, 0.3) is 32.9 Å². The zero-order valence-corrected chi connectivity index (χ0v) is 39.6. The number of rotatable bonds is 9.